The van der Waals surface area contributed by atoms with Gasteiger partial charge >= 0.3 is 0 Å². The number of aromatic nitrogens is 3. The number of hydrogen-bond acceptors (Lipinski definition) is 6. The van der Waals surface area contributed by atoms with E-state index in [-0.39, 0.29) is 5.41 Å². The Morgan fingerprint density at radius 2 is 1.65 bits per heavy atom. The molecule has 0 fully saturated rings. The Bertz CT molecular complexity index is 1140. The third kappa shape index (κ3) is 7.10. The third-order valence-electron chi connectivity index (χ3n) is 5.16. The van der Waals surface area contributed by atoms with Crippen molar-refractivity contribution in [3.8, 4) is 11.1 Å². The maximum Gasteiger partial charge on any atom is 0.227 e. The molecule has 2 N–H and O–H groups in total. The second kappa shape index (κ2) is 11.4. The van der Waals surface area contributed by atoms with Crippen molar-refractivity contribution >= 4 is 17.9 Å². The molecule has 0 bridgehead atoms. The zero-order valence-electron chi connectivity index (χ0n) is 20.8. The van der Waals surface area contributed by atoms with Crippen LogP contribution in [0.5, 0.6) is 0 Å². The minimum absolute atomic E-state index is 0.0398. The highest BCUT2D eigenvalue weighted by Gasteiger charge is 2.14. The van der Waals surface area contributed by atoms with Crippen LogP contribution in [0.15, 0.2) is 84.0 Å². The summed E-state index contributed by atoms with van der Waals surface area (Å²) in [6.07, 6.45) is 11.0. The van der Waals surface area contributed by atoms with E-state index in [0.29, 0.717) is 5.95 Å². The smallest absolute Gasteiger partial charge is 0.227 e. The van der Waals surface area contributed by atoms with E-state index in [4.69, 9.17) is 0 Å². The van der Waals surface area contributed by atoms with Crippen LogP contribution in [0.3, 0.4) is 0 Å². The van der Waals surface area contributed by atoms with Crippen LogP contribution in [0.25, 0.3) is 11.1 Å². The molecule has 0 radical (unpaired) electrons. The summed E-state index contributed by atoms with van der Waals surface area (Å²) in [4.78, 5) is 17.5. The Morgan fingerprint density at radius 1 is 0.941 bits per heavy atom. The number of pyridine rings is 1. The average Bonchev–Trinajstić information content (AvgIpc) is 2.80. The molecule has 0 aliphatic heterocycles. The van der Waals surface area contributed by atoms with Crippen molar-refractivity contribution in [1.82, 2.24) is 15.0 Å². The Labute approximate surface area is 203 Å². The van der Waals surface area contributed by atoms with E-state index in [9.17, 15) is 0 Å². The zero-order valence-corrected chi connectivity index (χ0v) is 20.8. The molecule has 34 heavy (non-hydrogen) atoms. The van der Waals surface area contributed by atoms with Crippen molar-refractivity contribution in [2.45, 2.75) is 46.0 Å². The lowest BCUT2D eigenvalue weighted by Crippen LogP contribution is -2.13. The minimum atomic E-state index is 0.0398. The van der Waals surface area contributed by atoms with Gasteiger partial charge in [-0.25, -0.2) is 9.97 Å². The summed E-state index contributed by atoms with van der Waals surface area (Å²) in [7, 11) is 1.74. The molecule has 176 valence electrons. The molecule has 0 saturated carbocycles. The highest BCUT2D eigenvalue weighted by Crippen LogP contribution is 2.23. The monoisotopic (exact) mass is 454 g/mol. The van der Waals surface area contributed by atoms with Gasteiger partial charge < -0.3 is 10.6 Å². The first-order valence-electron chi connectivity index (χ1n) is 11.5. The van der Waals surface area contributed by atoms with E-state index in [1.807, 2.05) is 24.7 Å². The fourth-order valence-corrected chi connectivity index (χ4v) is 3.39. The first kappa shape index (κ1) is 24.8. The lowest BCUT2D eigenvalue weighted by molar-refractivity contribution is 0.569. The van der Waals surface area contributed by atoms with Gasteiger partial charge in [-0.1, -0.05) is 64.6 Å². The first-order valence-corrected chi connectivity index (χ1v) is 11.5. The summed E-state index contributed by atoms with van der Waals surface area (Å²) in [6, 6.07) is 12.5. The van der Waals surface area contributed by atoms with Crippen molar-refractivity contribution in [2.75, 3.05) is 17.7 Å². The number of anilines is 2. The van der Waals surface area contributed by atoms with Crippen molar-refractivity contribution in [3.63, 3.8) is 0 Å². The van der Waals surface area contributed by atoms with Gasteiger partial charge in [-0.3, -0.25) is 9.98 Å². The summed E-state index contributed by atoms with van der Waals surface area (Å²) < 4.78 is 0. The van der Waals surface area contributed by atoms with Gasteiger partial charge in [-0.05, 0) is 29.7 Å². The molecule has 0 aliphatic carbocycles. The number of hydrogen-bond donors (Lipinski definition) is 2. The molecule has 3 rings (SSSR count). The average molecular weight is 455 g/mol. The van der Waals surface area contributed by atoms with E-state index < -0.39 is 0 Å². The summed E-state index contributed by atoms with van der Waals surface area (Å²) in [6.45, 7) is 12.7. The van der Waals surface area contributed by atoms with Crippen molar-refractivity contribution < 1.29 is 0 Å². The predicted molar refractivity (Wildman–Crippen MR) is 143 cm³/mol. The molecule has 0 saturated heterocycles. The van der Waals surface area contributed by atoms with Gasteiger partial charge in [0.15, 0.2) is 0 Å². The van der Waals surface area contributed by atoms with E-state index in [1.54, 1.807) is 13.3 Å². The zero-order chi connectivity index (χ0) is 24.6. The van der Waals surface area contributed by atoms with E-state index in [2.05, 4.69) is 101 Å². The van der Waals surface area contributed by atoms with Crippen LogP contribution in [-0.2, 0) is 11.8 Å². The number of benzene rings is 1. The quantitative estimate of drug-likeness (QED) is 0.365. The fourth-order valence-electron chi connectivity index (χ4n) is 3.39. The van der Waals surface area contributed by atoms with E-state index in [0.717, 1.165) is 46.7 Å². The Kier molecular flexibility index (Phi) is 8.30. The van der Waals surface area contributed by atoms with Gasteiger partial charge in [0.2, 0.25) is 5.95 Å². The molecule has 6 heteroatoms. The van der Waals surface area contributed by atoms with Gasteiger partial charge in [0, 0.05) is 54.4 Å². The SMILES string of the molecule is C=C(Cc1ccc(-c2cnc(N/C(C=NC)=C/CC)nc2)cc1)Nc1ccc(C(C)(C)C)nc1. The highest BCUT2D eigenvalue weighted by molar-refractivity contribution is 5.82. The fraction of sp³-hybridized carbons (Fsp3) is 0.286. The van der Waals surface area contributed by atoms with Gasteiger partial charge in [0.1, 0.15) is 0 Å². The molecule has 2 aromatic heterocycles. The van der Waals surface area contributed by atoms with Crippen LogP contribution in [0.2, 0.25) is 0 Å². The van der Waals surface area contributed by atoms with Gasteiger partial charge in [0.25, 0.3) is 0 Å². The normalized spacial score (nSPS) is 12.1. The molecular weight excluding hydrogens is 420 g/mol. The number of nitrogens with one attached hydrogen (secondary N) is 2. The maximum atomic E-state index is 4.57. The van der Waals surface area contributed by atoms with Crippen LogP contribution in [0.4, 0.5) is 11.6 Å². The highest BCUT2D eigenvalue weighted by atomic mass is 15.1. The summed E-state index contributed by atoms with van der Waals surface area (Å²) in [5.74, 6) is 0.548. The maximum absolute atomic E-state index is 4.57. The van der Waals surface area contributed by atoms with E-state index >= 15 is 0 Å². The van der Waals surface area contributed by atoms with Gasteiger partial charge in [0.05, 0.1) is 17.6 Å². The number of aliphatic imine (C=N–C) groups is 1. The van der Waals surface area contributed by atoms with E-state index in [1.165, 1.54) is 5.56 Å². The van der Waals surface area contributed by atoms with Crippen molar-refractivity contribution in [3.05, 3.63) is 90.3 Å². The molecule has 0 spiro atoms. The molecule has 0 aliphatic rings. The third-order valence-corrected chi connectivity index (χ3v) is 5.16. The molecular formula is C28H34N6. The molecule has 6 nitrogen and oxygen atoms in total. The standard InChI is InChI=1S/C28H34N6/c1-7-8-24(18-29-6)34-27-31-16-23(17-32-27)22-11-9-21(10-12-22)15-20(2)33-25-13-14-26(30-19-25)28(3,4)5/h8-14,16-19,33H,2,7,15H2,1,3-6H3,(H,31,32,34)/b24-8+,29-18?. The summed E-state index contributed by atoms with van der Waals surface area (Å²) in [5.41, 5.74) is 7.06. The van der Waals surface area contributed by atoms with Gasteiger partial charge in [-0.2, -0.15) is 0 Å². The van der Waals surface area contributed by atoms with Gasteiger partial charge in [-0.15, -0.1) is 0 Å². The van der Waals surface area contributed by atoms with Crippen molar-refractivity contribution in [1.29, 1.82) is 0 Å². The molecule has 1 aromatic carbocycles. The Morgan fingerprint density at radius 3 is 2.21 bits per heavy atom. The predicted octanol–water partition coefficient (Wildman–Crippen LogP) is 6.41. The molecule has 0 amide bonds. The second-order valence-electron chi connectivity index (χ2n) is 9.16. The van der Waals surface area contributed by atoms with Crippen LogP contribution in [-0.4, -0.2) is 28.2 Å². The van der Waals surface area contributed by atoms with Crippen molar-refractivity contribution in [2.24, 2.45) is 4.99 Å². The van der Waals surface area contributed by atoms with Crippen LogP contribution in [0, 0.1) is 0 Å². The lowest BCUT2D eigenvalue weighted by atomic mass is 9.92. The number of rotatable bonds is 9. The lowest BCUT2D eigenvalue weighted by Gasteiger charge is -2.18. The largest absolute Gasteiger partial charge is 0.358 e. The Balaban J connectivity index is 1.59. The molecule has 3 aromatic rings. The molecule has 2 heterocycles. The minimum Gasteiger partial charge on any atom is -0.358 e. The summed E-state index contributed by atoms with van der Waals surface area (Å²) >= 11 is 0. The topological polar surface area (TPSA) is 75.1 Å². The Hall–Kier alpha value is -3.80. The molecule has 0 unspecified atom stereocenters. The molecule has 0 atom stereocenters. The van der Waals surface area contributed by atoms with Crippen LogP contribution in [0.1, 0.15) is 45.4 Å². The van der Waals surface area contributed by atoms with Crippen LogP contribution < -0.4 is 10.6 Å². The first-order chi connectivity index (χ1) is 16.3. The summed E-state index contributed by atoms with van der Waals surface area (Å²) in [5, 5.41) is 6.55. The number of allylic oxidation sites excluding steroid dienone is 3. The van der Waals surface area contributed by atoms with Crippen LogP contribution >= 0.6 is 0 Å². The number of nitrogens with zero attached hydrogens (tertiary/aromatic N) is 4. The second-order valence-corrected chi connectivity index (χ2v) is 9.16.